The zero-order valence-electron chi connectivity index (χ0n) is 15.7. The molecule has 5 nitrogen and oxygen atoms in total. The zero-order valence-corrected chi connectivity index (χ0v) is 15.7. The van der Waals surface area contributed by atoms with Crippen LogP contribution in [0.5, 0.6) is 5.75 Å². The second kappa shape index (κ2) is 9.38. The van der Waals surface area contributed by atoms with Crippen molar-refractivity contribution >= 4 is 11.6 Å². The molecular weight excluding hydrogens is 328 g/mol. The molecule has 26 heavy (non-hydrogen) atoms. The molecule has 144 valence electrons. The van der Waals surface area contributed by atoms with E-state index in [0.717, 1.165) is 38.0 Å². The van der Waals surface area contributed by atoms with Crippen molar-refractivity contribution in [3.8, 4) is 5.75 Å². The molecule has 1 atom stereocenters. The van der Waals surface area contributed by atoms with Gasteiger partial charge in [0.15, 0.2) is 0 Å². The summed E-state index contributed by atoms with van der Waals surface area (Å²) in [4.78, 5) is 12.7. The Morgan fingerprint density at radius 3 is 2.73 bits per heavy atom. The summed E-state index contributed by atoms with van der Waals surface area (Å²) in [5.74, 6) is 0.739. The number of carbonyl (C=O) groups is 1. The van der Waals surface area contributed by atoms with Crippen LogP contribution in [0.15, 0.2) is 24.3 Å². The van der Waals surface area contributed by atoms with E-state index in [1.165, 1.54) is 25.7 Å². The Balaban J connectivity index is 1.57. The van der Waals surface area contributed by atoms with Crippen molar-refractivity contribution in [1.82, 2.24) is 0 Å². The maximum Gasteiger partial charge on any atom is 0.225 e. The molecule has 1 saturated carbocycles. The van der Waals surface area contributed by atoms with Crippen molar-refractivity contribution < 1.29 is 14.3 Å². The summed E-state index contributed by atoms with van der Waals surface area (Å²) >= 11 is 0. The van der Waals surface area contributed by atoms with Gasteiger partial charge in [0.05, 0.1) is 11.8 Å². The second-order valence-electron chi connectivity index (χ2n) is 7.79. The van der Waals surface area contributed by atoms with E-state index in [-0.39, 0.29) is 17.4 Å². The molecule has 0 bridgehead atoms. The average molecular weight is 360 g/mol. The highest BCUT2D eigenvalue weighted by Crippen LogP contribution is 2.38. The first-order chi connectivity index (χ1) is 12.7. The normalized spacial score (nSPS) is 22.6. The molecule has 1 aromatic carbocycles. The lowest BCUT2D eigenvalue weighted by Gasteiger charge is -2.35. The largest absolute Gasteiger partial charge is 0.489 e. The Hall–Kier alpha value is -1.59. The molecule has 1 heterocycles. The molecule has 1 aromatic rings. The second-order valence-corrected chi connectivity index (χ2v) is 7.79. The monoisotopic (exact) mass is 360 g/mol. The van der Waals surface area contributed by atoms with Gasteiger partial charge in [-0.1, -0.05) is 31.4 Å². The number of para-hydroxylation sites is 2. The third-order valence-electron chi connectivity index (χ3n) is 5.74. The summed E-state index contributed by atoms with van der Waals surface area (Å²) in [5.41, 5.74) is 6.72. The Kier molecular flexibility index (Phi) is 6.92. The number of hydrogen-bond donors (Lipinski definition) is 2. The average Bonchev–Trinajstić information content (AvgIpc) is 2.69. The molecular formula is C21H32N2O3. The first-order valence-corrected chi connectivity index (χ1v) is 10.0. The zero-order chi connectivity index (χ0) is 18.2. The minimum atomic E-state index is -0.0337. The summed E-state index contributed by atoms with van der Waals surface area (Å²) in [6.07, 6.45) is 9.69. The summed E-state index contributed by atoms with van der Waals surface area (Å²) in [6.45, 7) is 1.92. The molecule has 1 aliphatic carbocycles. The molecule has 1 aliphatic heterocycles. The van der Waals surface area contributed by atoms with Crippen LogP contribution in [0.1, 0.15) is 57.8 Å². The molecule has 2 aliphatic rings. The highest BCUT2D eigenvalue weighted by atomic mass is 16.5. The molecule has 3 rings (SSSR count). The van der Waals surface area contributed by atoms with Crippen molar-refractivity contribution in [3.63, 3.8) is 0 Å². The third-order valence-corrected chi connectivity index (χ3v) is 5.74. The minimum Gasteiger partial charge on any atom is -0.489 e. The van der Waals surface area contributed by atoms with E-state index in [2.05, 4.69) is 5.32 Å². The maximum atomic E-state index is 12.7. The quantitative estimate of drug-likeness (QED) is 0.774. The minimum absolute atomic E-state index is 0.0299. The number of benzene rings is 1. The first kappa shape index (κ1) is 19.2. The molecule has 1 saturated heterocycles. The van der Waals surface area contributed by atoms with Crippen molar-refractivity contribution in [2.24, 2.45) is 11.1 Å². The molecule has 5 heteroatoms. The predicted molar refractivity (Wildman–Crippen MR) is 103 cm³/mol. The van der Waals surface area contributed by atoms with E-state index in [4.69, 9.17) is 15.2 Å². The SMILES string of the molecule is NCC1(CC(=O)Nc2ccccc2OCC2CCCCO2)CCCCC1. The molecule has 0 radical (unpaired) electrons. The van der Waals surface area contributed by atoms with E-state index < -0.39 is 0 Å². The predicted octanol–water partition coefficient (Wildman–Crippen LogP) is 3.87. The van der Waals surface area contributed by atoms with Gasteiger partial charge < -0.3 is 20.5 Å². The van der Waals surface area contributed by atoms with Crippen molar-refractivity contribution in [2.45, 2.75) is 63.9 Å². The van der Waals surface area contributed by atoms with Crippen LogP contribution >= 0.6 is 0 Å². The van der Waals surface area contributed by atoms with Crippen LogP contribution in [0, 0.1) is 5.41 Å². The lowest BCUT2D eigenvalue weighted by atomic mass is 9.71. The van der Waals surface area contributed by atoms with Gasteiger partial charge in [0.2, 0.25) is 5.91 Å². The number of carbonyl (C=O) groups excluding carboxylic acids is 1. The highest BCUT2D eigenvalue weighted by molar-refractivity contribution is 5.92. The Morgan fingerprint density at radius 2 is 2.00 bits per heavy atom. The summed E-state index contributed by atoms with van der Waals surface area (Å²) in [5, 5.41) is 3.04. The third kappa shape index (κ3) is 5.21. The van der Waals surface area contributed by atoms with E-state index in [1.807, 2.05) is 24.3 Å². The van der Waals surface area contributed by atoms with Gasteiger partial charge in [-0.2, -0.15) is 0 Å². The van der Waals surface area contributed by atoms with Gasteiger partial charge in [0.25, 0.3) is 0 Å². The smallest absolute Gasteiger partial charge is 0.225 e. The van der Waals surface area contributed by atoms with E-state index in [0.29, 0.717) is 25.3 Å². The lowest BCUT2D eigenvalue weighted by molar-refractivity contribution is -0.118. The Bertz CT molecular complexity index is 578. The molecule has 1 amide bonds. The van der Waals surface area contributed by atoms with E-state index >= 15 is 0 Å². The fraction of sp³-hybridized carbons (Fsp3) is 0.667. The van der Waals surface area contributed by atoms with Crippen LogP contribution in [0.25, 0.3) is 0 Å². The van der Waals surface area contributed by atoms with Crippen LogP contribution in [0.4, 0.5) is 5.69 Å². The molecule has 0 aromatic heterocycles. The number of ether oxygens (including phenoxy) is 2. The van der Waals surface area contributed by atoms with E-state index in [1.54, 1.807) is 0 Å². The van der Waals surface area contributed by atoms with Crippen LogP contribution < -0.4 is 15.8 Å². The van der Waals surface area contributed by atoms with Crippen LogP contribution in [-0.2, 0) is 9.53 Å². The number of rotatable bonds is 7. The van der Waals surface area contributed by atoms with Gasteiger partial charge in [0, 0.05) is 13.0 Å². The Labute approximate surface area is 156 Å². The number of amides is 1. The van der Waals surface area contributed by atoms with Gasteiger partial charge >= 0.3 is 0 Å². The molecule has 3 N–H and O–H groups in total. The number of hydrogen-bond acceptors (Lipinski definition) is 4. The van der Waals surface area contributed by atoms with Crippen LogP contribution in [0.3, 0.4) is 0 Å². The molecule has 2 fully saturated rings. The molecule has 1 unspecified atom stereocenters. The molecule has 0 spiro atoms. The summed E-state index contributed by atoms with van der Waals surface area (Å²) in [6, 6.07) is 7.64. The standard InChI is InChI=1S/C21H32N2O3/c22-16-21(11-5-1-6-12-21)14-20(24)23-18-9-2-3-10-19(18)26-15-17-8-4-7-13-25-17/h2-3,9-10,17H,1,4-8,11-16,22H2,(H,23,24). The van der Waals surface area contributed by atoms with Gasteiger partial charge in [-0.05, 0) is 56.2 Å². The van der Waals surface area contributed by atoms with E-state index in [9.17, 15) is 4.79 Å². The fourth-order valence-electron chi connectivity index (χ4n) is 4.11. The Morgan fingerprint density at radius 1 is 1.19 bits per heavy atom. The number of nitrogens with one attached hydrogen (secondary N) is 1. The maximum absolute atomic E-state index is 12.7. The highest BCUT2D eigenvalue weighted by Gasteiger charge is 2.33. The lowest BCUT2D eigenvalue weighted by Crippen LogP contribution is -2.36. The van der Waals surface area contributed by atoms with Gasteiger partial charge in [-0.25, -0.2) is 0 Å². The van der Waals surface area contributed by atoms with Crippen molar-refractivity contribution in [3.05, 3.63) is 24.3 Å². The van der Waals surface area contributed by atoms with Crippen LogP contribution in [0.2, 0.25) is 0 Å². The topological polar surface area (TPSA) is 73.6 Å². The first-order valence-electron chi connectivity index (χ1n) is 10.0. The van der Waals surface area contributed by atoms with Crippen LogP contribution in [-0.4, -0.2) is 31.8 Å². The summed E-state index contributed by atoms with van der Waals surface area (Å²) < 4.78 is 11.7. The number of anilines is 1. The van der Waals surface area contributed by atoms with Gasteiger partial charge in [-0.15, -0.1) is 0 Å². The fourth-order valence-corrected chi connectivity index (χ4v) is 4.11. The van der Waals surface area contributed by atoms with Crippen molar-refractivity contribution in [1.29, 1.82) is 0 Å². The van der Waals surface area contributed by atoms with Gasteiger partial charge in [0.1, 0.15) is 12.4 Å². The van der Waals surface area contributed by atoms with Crippen molar-refractivity contribution in [2.75, 3.05) is 25.1 Å². The summed E-state index contributed by atoms with van der Waals surface area (Å²) in [7, 11) is 0. The number of nitrogens with two attached hydrogens (primary N) is 1. The van der Waals surface area contributed by atoms with Gasteiger partial charge in [-0.3, -0.25) is 4.79 Å².